The molecule has 190 valence electrons. The Hall–Kier alpha value is -3.27. The van der Waals surface area contributed by atoms with Crippen LogP contribution in [0.5, 0.6) is 0 Å². The van der Waals surface area contributed by atoms with Crippen LogP contribution in [0, 0.1) is 12.8 Å². The molecular weight excluding hydrogens is 476 g/mol. The Kier molecular flexibility index (Phi) is 8.03. The first-order valence-corrected chi connectivity index (χ1v) is 13.6. The summed E-state index contributed by atoms with van der Waals surface area (Å²) in [5.41, 5.74) is 7.40. The molecule has 1 fully saturated rings. The molecule has 9 heteroatoms. The van der Waals surface area contributed by atoms with Gasteiger partial charge in [-0.1, -0.05) is 60.7 Å². The van der Waals surface area contributed by atoms with Crippen molar-refractivity contribution in [2.45, 2.75) is 43.2 Å². The van der Waals surface area contributed by atoms with Crippen LogP contribution in [0.15, 0.2) is 71.6 Å². The Morgan fingerprint density at radius 1 is 0.972 bits per heavy atom. The van der Waals surface area contributed by atoms with Gasteiger partial charge in [0.1, 0.15) is 12.1 Å². The fourth-order valence-corrected chi connectivity index (χ4v) is 6.24. The zero-order chi connectivity index (χ0) is 25.7. The van der Waals surface area contributed by atoms with Gasteiger partial charge in [-0.2, -0.15) is 4.72 Å². The Bertz CT molecular complexity index is 1340. The van der Waals surface area contributed by atoms with E-state index in [1.807, 2.05) is 49.4 Å². The molecule has 2 amide bonds. The van der Waals surface area contributed by atoms with Crippen LogP contribution in [0.3, 0.4) is 0 Å². The Labute approximate surface area is 211 Å². The molecule has 0 aliphatic carbocycles. The molecule has 0 bridgehead atoms. The van der Waals surface area contributed by atoms with E-state index in [2.05, 4.69) is 15.4 Å². The molecule has 36 heavy (non-hydrogen) atoms. The molecule has 1 aliphatic heterocycles. The summed E-state index contributed by atoms with van der Waals surface area (Å²) in [5, 5.41) is 7.39. The van der Waals surface area contributed by atoms with E-state index in [4.69, 9.17) is 5.73 Å². The topological polar surface area (TPSA) is 130 Å². The summed E-state index contributed by atoms with van der Waals surface area (Å²) < 4.78 is 29.9. The number of piperidine rings is 1. The van der Waals surface area contributed by atoms with Gasteiger partial charge in [-0.25, -0.2) is 8.42 Å². The maximum absolute atomic E-state index is 13.6. The number of sulfonamides is 1. The standard InChI is InChI=1S/C27H32N4O4S/c1-18-11-12-24(22-10-6-5-9-21(18)22)36(34,35)31-25(20-13-15-29-16-14-20)27(33)30-23(26(28)32)17-19-7-3-2-4-8-19/h2-12,20,23,25,29,31H,13-17H2,1H3,(H2,28,32)(H,30,33)/t23-,25?/m0/s1. The normalized spacial score (nSPS) is 16.4. The second kappa shape index (κ2) is 11.2. The number of aryl methyl sites for hydroxylation is 1. The van der Waals surface area contributed by atoms with E-state index < -0.39 is 33.9 Å². The minimum absolute atomic E-state index is 0.117. The maximum atomic E-state index is 13.6. The van der Waals surface area contributed by atoms with Crippen LogP contribution in [0.1, 0.15) is 24.0 Å². The number of carbonyl (C=O) groups excluding carboxylic acids is 2. The van der Waals surface area contributed by atoms with Crippen LogP contribution in [-0.4, -0.2) is 45.4 Å². The lowest BCUT2D eigenvalue weighted by molar-refractivity contribution is -0.129. The number of rotatable bonds is 9. The van der Waals surface area contributed by atoms with Crippen molar-refractivity contribution < 1.29 is 18.0 Å². The highest BCUT2D eigenvalue weighted by molar-refractivity contribution is 7.89. The van der Waals surface area contributed by atoms with Crippen LogP contribution in [0.2, 0.25) is 0 Å². The van der Waals surface area contributed by atoms with Gasteiger partial charge in [0.2, 0.25) is 21.8 Å². The number of nitrogens with one attached hydrogen (secondary N) is 3. The fourth-order valence-electron chi connectivity index (χ4n) is 4.76. The van der Waals surface area contributed by atoms with Gasteiger partial charge in [0.05, 0.1) is 4.90 Å². The van der Waals surface area contributed by atoms with Gasteiger partial charge in [-0.05, 0) is 61.4 Å². The van der Waals surface area contributed by atoms with Gasteiger partial charge in [0.25, 0.3) is 0 Å². The van der Waals surface area contributed by atoms with Crippen molar-refractivity contribution in [1.29, 1.82) is 0 Å². The molecule has 8 nitrogen and oxygen atoms in total. The lowest BCUT2D eigenvalue weighted by Crippen LogP contribution is -2.57. The van der Waals surface area contributed by atoms with Gasteiger partial charge in [0, 0.05) is 11.8 Å². The molecule has 0 spiro atoms. The summed E-state index contributed by atoms with van der Waals surface area (Å²) >= 11 is 0. The quantitative estimate of drug-likeness (QED) is 0.351. The van der Waals surface area contributed by atoms with Crippen molar-refractivity contribution in [1.82, 2.24) is 15.4 Å². The van der Waals surface area contributed by atoms with Crippen LogP contribution < -0.4 is 21.1 Å². The molecule has 0 radical (unpaired) electrons. The lowest BCUT2D eigenvalue weighted by atomic mass is 9.90. The predicted octanol–water partition coefficient (Wildman–Crippen LogP) is 2.01. The second-order valence-corrected chi connectivity index (χ2v) is 10.9. The van der Waals surface area contributed by atoms with Crippen LogP contribution >= 0.6 is 0 Å². The van der Waals surface area contributed by atoms with Gasteiger partial charge in [-0.15, -0.1) is 0 Å². The van der Waals surface area contributed by atoms with E-state index in [1.165, 1.54) is 0 Å². The highest BCUT2D eigenvalue weighted by Gasteiger charge is 2.35. The molecule has 4 rings (SSSR count). The minimum atomic E-state index is -4.06. The molecule has 0 saturated carbocycles. The van der Waals surface area contributed by atoms with Gasteiger partial charge in [0.15, 0.2) is 0 Å². The minimum Gasteiger partial charge on any atom is -0.368 e. The monoisotopic (exact) mass is 508 g/mol. The molecular formula is C27H32N4O4S. The molecule has 1 aliphatic rings. The molecule has 1 unspecified atom stereocenters. The summed E-state index contributed by atoms with van der Waals surface area (Å²) in [5.74, 6) is -1.46. The van der Waals surface area contributed by atoms with Gasteiger partial charge < -0.3 is 16.4 Å². The number of hydrogen-bond donors (Lipinski definition) is 4. The lowest BCUT2D eigenvalue weighted by Gasteiger charge is -2.31. The van der Waals surface area contributed by atoms with E-state index in [9.17, 15) is 18.0 Å². The van der Waals surface area contributed by atoms with Crippen LogP contribution in [0.4, 0.5) is 0 Å². The Morgan fingerprint density at radius 2 is 1.61 bits per heavy atom. The van der Waals surface area contributed by atoms with Crippen LogP contribution in [0.25, 0.3) is 10.8 Å². The van der Waals surface area contributed by atoms with E-state index in [1.54, 1.807) is 24.3 Å². The first-order valence-electron chi connectivity index (χ1n) is 12.1. The van der Waals surface area contributed by atoms with E-state index in [-0.39, 0.29) is 17.2 Å². The van der Waals surface area contributed by atoms with E-state index >= 15 is 0 Å². The van der Waals surface area contributed by atoms with Crippen LogP contribution in [-0.2, 0) is 26.0 Å². The summed E-state index contributed by atoms with van der Waals surface area (Å²) in [6.45, 7) is 3.27. The SMILES string of the molecule is Cc1ccc(S(=O)(=O)NC(C(=O)N[C@@H](Cc2ccccc2)C(N)=O)C2CCNCC2)c2ccccc12. The molecule has 2 atom stereocenters. The smallest absolute Gasteiger partial charge is 0.241 e. The first kappa shape index (κ1) is 25.8. The van der Waals surface area contributed by atoms with Gasteiger partial charge in [-0.3, -0.25) is 9.59 Å². The highest BCUT2D eigenvalue weighted by Crippen LogP contribution is 2.27. The zero-order valence-corrected chi connectivity index (χ0v) is 21.1. The van der Waals surface area contributed by atoms with Crippen molar-refractivity contribution in [3.05, 3.63) is 77.9 Å². The largest absolute Gasteiger partial charge is 0.368 e. The van der Waals surface area contributed by atoms with Crippen molar-refractivity contribution in [3.63, 3.8) is 0 Å². The number of carbonyl (C=O) groups is 2. The number of fused-ring (bicyclic) bond motifs is 1. The molecule has 3 aromatic rings. The second-order valence-electron chi connectivity index (χ2n) is 9.27. The number of hydrogen-bond acceptors (Lipinski definition) is 5. The molecule has 1 saturated heterocycles. The summed E-state index contributed by atoms with van der Waals surface area (Å²) in [7, 11) is -4.06. The van der Waals surface area contributed by atoms with Crippen molar-refractivity contribution in [2.75, 3.05) is 13.1 Å². The Balaban J connectivity index is 1.63. The average Bonchev–Trinajstić information content (AvgIpc) is 2.88. The summed E-state index contributed by atoms with van der Waals surface area (Å²) in [6, 6.07) is 17.8. The van der Waals surface area contributed by atoms with Crippen molar-refractivity contribution >= 4 is 32.6 Å². The van der Waals surface area contributed by atoms with Crippen molar-refractivity contribution in [3.8, 4) is 0 Å². The third kappa shape index (κ3) is 5.92. The first-order chi connectivity index (χ1) is 17.3. The van der Waals surface area contributed by atoms with E-state index in [0.717, 1.165) is 16.5 Å². The van der Waals surface area contributed by atoms with Gasteiger partial charge >= 0.3 is 0 Å². The zero-order valence-electron chi connectivity index (χ0n) is 20.2. The maximum Gasteiger partial charge on any atom is 0.241 e. The third-order valence-corrected chi connectivity index (χ3v) is 8.25. The summed E-state index contributed by atoms with van der Waals surface area (Å²) in [6.07, 6.45) is 1.46. The number of primary amides is 1. The summed E-state index contributed by atoms with van der Waals surface area (Å²) in [4.78, 5) is 25.8. The molecule has 5 N–H and O–H groups in total. The number of nitrogens with two attached hydrogens (primary N) is 1. The third-order valence-electron chi connectivity index (χ3n) is 6.75. The number of amides is 2. The predicted molar refractivity (Wildman–Crippen MR) is 140 cm³/mol. The molecule has 0 aromatic heterocycles. The fraction of sp³-hybridized carbons (Fsp3) is 0.333. The number of benzene rings is 3. The Morgan fingerprint density at radius 3 is 2.28 bits per heavy atom. The van der Waals surface area contributed by atoms with Crippen molar-refractivity contribution in [2.24, 2.45) is 11.7 Å². The highest BCUT2D eigenvalue weighted by atomic mass is 32.2. The average molecular weight is 509 g/mol. The van der Waals surface area contributed by atoms with E-state index in [0.29, 0.717) is 31.3 Å². The molecule has 3 aromatic carbocycles. The molecule has 1 heterocycles.